The summed E-state index contributed by atoms with van der Waals surface area (Å²) in [7, 11) is 0. The number of aromatic nitrogens is 2. The number of H-pyrrole nitrogens is 1. The molecule has 0 saturated heterocycles. The smallest absolute Gasteiger partial charge is 0.254 e. The van der Waals surface area contributed by atoms with E-state index in [2.05, 4.69) is 28.2 Å². The highest BCUT2D eigenvalue weighted by atomic mass is 19.1. The van der Waals surface area contributed by atoms with Gasteiger partial charge in [-0.25, -0.2) is 9.37 Å². The third kappa shape index (κ3) is 4.53. The zero-order valence-electron chi connectivity index (χ0n) is 20.6. The number of halogens is 1. The molecule has 1 aromatic heterocycles. The van der Waals surface area contributed by atoms with Crippen LogP contribution in [0.15, 0.2) is 54.6 Å². The van der Waals surface area contributed by atoms with Crippen LogP contribution in [0.5, 0.6) is 5.75 Å². The van der Waals surface area contributed by atoms with E-state index >= 15 is 0 Å². The summed E-state index contributed by atoms with van der Waals surface area (Å²) >= 11 is 0. The van der Waals surface area contributed by atoms with E-state index in [4.69, 9.17) is 4.74 Å². The molecule has 2 heterocycles. The first-order valence-electron chi connectivity index (χ1n) is 12.1. The summed E-state index contributed by atoms with van der Waals surface area (Å²) in [5.74, 6) is 1.63. The number of benzene rings is 3. The number of nitrogens with zero attached hydrogens (tertiary/aromatic N) is 2. The van der Waals surface area contributed by atoms with Crippen molar-refractivity contribution in [3.8, 4) is 16.9 Å². The number of fused-ring (bicyclic) bond motifs is 2. The van der Waals surface area contributed by atoms with Crippen LogP contribution in [0, 0.1) is 6.92 Å². The van der Waals surface area contributed by atoms with E-state index in [0.29, 0.717) is 37.2 Å². The third-order valence-corrected chi connectivity index (χ3v) is 6.66. The molecule has 0 bridgehead atoms. The minimum absolute atomic E-state index is 0.0544. The van der Waals surface area contributed by atoms with Gasteiger partial charge in [-0.2, -0.15) is 0 Å². The van der Waals surface area contributed by atoms with Crippen molar-refractivity contribution in [1.29, 1.82) is 0 Å². The molecule has 3 aromatic carbocycles. The van der Waals surface area contributed by atoms with Gasteiger partial charge in [-0.3, -0.25) is 4.79 Å². The van der Waals surface area contributed by atoms with Crippen LogP contribution in [0.3, 0.4) is 0 Å². The lowest BCUT2D eigenvalue weighted by molar-refractivity contribution is 0.0732. The van der Waals surface area contributed by atoms with Crippen LogP contribution in [0.2, 0.25) is 0 Å². The van der Waals surface area contributed by atoms with Crippen LogP contribution in [-0.2, 0) is 18.6 Å². The standard InChI is InChI=1S/C29H30FN3O2/c1-5-19-15-23(29(3,4)30)8-9-24(19)28(34)33-12-13-35-27-11-7-20(14-22(27)17-33)21-6-10-25-26(16-21)32-18(2)31-25/h6-11,14-16H,5,12-13,17H2,1-4H3,(H,31,32). The first-order valence-corrected chi connectivity index (χ1v) is 12.1. The topological polar surface area (TPSA) is 58.2 Å². The van der Waals surface area contributed by atoms with Crippen LogP contribution in [0.25, 0.3) is 22.2 Å². The molecule has 35 heavy (non-hydrogen) atoms. The lowest BCUT2D eigenvalue weighted by atomic mass is 9.93. The highest BCUT2D eigenvalue weighted by molar-refractivity contribution is 5.96. The molecule has 0 atom stereocenters. The quantitative estimate of drug-likeness (QED) is 0.378. The average Bonchev–Trinajstić information content (AvgIpc) is 3.08. The molecule has 5 nitrogen and oxygen atoms in total. The van der Waals surface area contributed by atoms with E-state index in [1.165, 1.54) is 13.8 Å². The van der Waals surface area contributed by atoms with E-state index in [-0.39, 0.29) is 5.91 Å². The van der Waals surface area contributed by atoms with Gasteiger partial charge in [0, 0.05) is 17.7 Å². The van der Waals surface area contributed by atoms with Gasteiger partial charge < -0.3 is 14.6 Å². The van der Waals surface area contributed by atoms with Crippen molar-refractivity contribution in [3.05, 3.63) is 82.7 Å². The monoisotopic (exact) mass is 471 g/mol. The van der Waals surface area contributed by atoms with Gasteiger partial charge in [-0.15, -0.1) is 0 Å². The summed E-state index contributed by atoms with van der Waals surface area (Å²) in [6.07, 6.45) is 0.658. The van der Waals surface area contributed by atoms with E-state index in [1.54, 1.807) is 12.1 Å². The van der Waals surface area contributed by atoms with Crippen molar-refractivity contribution in [3.63, 3.8) is 0 Å². The normalized spacial score (nSPS) is 13.9. The molecular weight excluding hydrogens is 441 g/mol. The molecule has 0 saturated carbocycles. The summed E-state index contributed by atoms with van der Waals surface area (Å²) in [5.41, 5.74) is 5.65. The molecule has 6 heteroatoms. The van der Waals surface area contributed by atoms with Crippen molar-refractivity contribution in [2.75, 3.05) is 13.2 Å². The Morgan fingerprint density at radius 1 is 1.11 bits per heavy atom. The number of ether oxygens (including phenoxy) is 1. The molecule has 180 valence electrons. The summed E-state index contributed by atoms with van der Waals surface area (Å²) in [6, 6.07) is 17.6. The second-order valence-corrected chi connectivity index (χ2v) is 9.65. The lowest BCUT2D eigenvalue weighted by Gasteiger charge is -2.23. The van der Waals surface area contributed by atoms with Gasteiger partial charge in [-0.1, -0.05) is 31.2 Å². The maximum Gasteiger partial charge on any atom is 0.254 e. The van der Waals surface area contributed by atoms with Crippen molar-refractivity contribution in [2.24, 2.45) is 0 Å². The fourth-order valence-electron chi connectivity index (χ4n) is 4.70. The van der Waals surface area contributed by atoms with Crippen molar-refractivity contribution < 1.29 is 13.9 Å². The number of carbonyl (C=O) groups is 1. The first kappa shape index (κ1) is 23.1. The second kappa shape index (κ2) is 8.84. The molecular formula is C29H30FN3O2. The fourth-order valence-corrected chi connectivity index (χ4v) is 4.70. The van der Waals surface area contributed by atoms with Gasteiger partial charge in [0.25, 0.3) is 5.91 Å². The number of aromatic amines is 1. The van der Waals surface area contributed by atoms with Gasteiger partial charge in [0.05, 0.1) is 17.6 Å². The van der Waals surface area contributed by atoms with Crippen molar-refractivity contribution >= 4 is 16.9 Å². The van der Waals surface area contributed by atoms with Gasteiger partial charge in [0.15, 0.2) is 0 Å². The summed E-state index contributed by atoms with van der Waals surface area (Å²) in [4.78, 5) is 23.2. The van der Waals surface area contributed by atoms with Crippen LogP contribution in [-0.4, -0.2) is 33.9 Å². The Kier molecular flexibility index (Phi) is 5.83. The maximum atomic E-state index is 14.5. The predicted molar refractivity (Wildman–Crippen MR) is 136 cm³/mol. The number of alkyl halides is 1. The van der Waals surface area contributed by atoms with Crippen LogP contribution in [0.1, 0.15) is 53.6 Å². The largest absolute Gasteiger partial charge is 0.491 e. The molecule has 0 spiro atoms. The summed E-state index contributed by atoms with van der Waals surface area (Å²) in [5, 5.41) is 0. The van der Waals surface area contributed by atoms with E-state index in [9.17, 15) is 9.18 Å². The zero-order valence-corrected chi connectivity index (χ0v) is 20.6. The Hall–Kier alpha value is -3.67. The molecule has 0 fully saturated rings. The van der Waals surface area contributed by atoms with Gasteiger partial charge in [0.1, 0.15) is 23.8 Å². The Labute approximate surface area is 205 Å². The molecule has 0 radical (unpaired) electrons. The first-order chi connectivity index (χ1) is 16.7. The second-order valence-electron chi connectivity index (χ2n) is 9.65. The third-order valence-electron chi connectivity index (χ3n) is 6.66. The van der Waals surface area contributed by atoms with Crippen molar-refractivity contribution in [2.45, 2.75) is 46.3 Å². The number of hydrogen-bond donors (Lipinski definition) is 1. The SMILES string of the molecule is CCc1cc(C(C)(C)F)ccc1C(=O)N1CCOc2ccc(-c3ccc4nc(C)[nH]c4c3)cc2C1. The highest BCUT2D eigenvalue weighted by Crippen LogP contribution is 2.32. The number of aryl methyl sites for hydroxylation is 2. The Morgan fingerprint density at radius 3 is 2.66 bits per heavy atom. The highest BCUT2D eigenvalue weighted by Gasteiger charge is 2.25. The Balaban J connectivity index is 1.45. The number of nitrogens with one attached hydrogen (secondary N) is 1. The molecule has 1 aliphatic heterocycles. The van der Waals surface area contributed by atoms with Crippen LogP contribution < -0.4 is 4.74 Å². The summed E-state index contributed by atoms with van der Waals surface area (Å²) in [6.45, 7) is 8.38. The van der Waals surface area contributed by atoms with Crippen LogP contribution >= 0.6 is 0 Å². The fraction of sp³-hybridized carbons (Fsp3) is 0.310. The minimum atomic E-state index is -1.45. The average molecular weight is 472 g/mol. The Morgan fingerprint density at radius 2 is 1.89 bits per heavy atom. The molecule has 1 aliphatic rings. The molecule has 1 amide bonds. The van der Waals surface area contributed by atoms with Crippen molar-refractivity contribution in [1.82, 2.24) is 14.9 Å². The van der Waals surface area contributed by atoms with Gasteiger partial charge in [0.2, 0.25) is 0 Å². The molecule has 4 aromatic rings. The number of amides is 1. The predicted octanol–water partition coefficient (Wildman–Crippen LogP) is 6.34. The summed E-state index contributed by atoms with van der Waals surface area (Å²) < 4.78 is 20.5. The molecule has 5 rings (SSSR count). The van der Waals surface area contributed by atoms with Crippen LogP contribution in [0.4, 0.5) is 4.39 Å². The number of rotatable bonds is 4. The van der Waals surface area contributed by atoms with E-state index in [0.717, 1.165) is 44.9 Å². The number of carbonyl (C=O) groups excluding carboxylic acids is 1. The lowest BCUT2D eigenvalue weighted by Crippen LogP contribution is -2.33. The molecule has 1 N–H and O–H groups in total. The zero-order chi connectivity index (χ0) is 24.7. The van der Waals surface area contributed by atoms with E-state index in [1.807, 2.05) is 43.0 Å². The number of hydrogen-bond acceptors (Lipinski definition) is 3. The van der Waals surface area contributed by atoms with E-state index < -0.39 is 5.67 Å². The maximum absolute atomic E-state index is 14.5. The minimum Gasteiger partial charge on any atom is -0.491 e. The van der Waals surface area contributed by atoms with Gasteiger partial charge >= 0.3 is 0 Å². The molecule has 0 aliphatic carbocycles. The molecule has 0 unspecified atom stereocenters. The Bertz CT molecular complexity index is 1420. The van der Waals surface area contributed by atoms with Gasteiger partial charge in [-0.05, 0) is 79.8 Å². The number of imidazole rings is 1.